The normalized spacial score (nSPS) is 21.1. The Kier molecular flexibility index (Phi) is 6.06. The van der Waals surface area contributed by atoms with Crippen molar-refractivity contribution in [2.24, 2.45) is 0 Å². The van der Waals surface area contributed by atoms with Crippen molar-refractivity contribution in [1.82, 2.24) is 9.55 Å². The van der Waals surface area contributed by atoms with E-state index in [9.17, 15) is 0 Å². The average Bonchev–Trinajstić information content (AvgIpc) is 3.38. The lowest BCUT2D eigenvalue weighted by molar-refractivity contribution is -0.184. The second kappa shape index (κ2) is 8.90. The van der Waals surface area contributed by atoms with Gasteiger partial charge in [-0.3, -0.25) is 0 Å². The summed E-state index contributed by atoms with van der Waals surface area (Å²) < 4.78 is 20.6. The molecule has 0 bridgehead atoms. The van der Waals surface area contributed by atoms with Crippen LogP contribution in [0.25, 0.3) is 0 Å². The summed E-state index contributed by atoms with van der Waals surface area (Å²) in [5, 5.41) is 0. The Morgan fingerprint density at radius 1 is 1.20 bits per heavy atom. The largest absolute Gasteiger partial charge is 0.491 e. The minimum Gasteiger partial charge on any atom is -0.491 e. The highest BCUT2D eigenvalue weighted by atomic mass is 16.8. The molecule has 4 rings (SSSR count). The van der Waals surface area contributed by atoms with Crippen LogP contribution in [0.5, 0.6) is 5.75 Å². The van der Waals surface area contributed by atoms with Gasteiger partial charge in [0.2, 0.25) is 0 Å². The van der Waals surface area contributed by atoms with E-state index in [1.54, 1.807) is 12.5 Å². The van der Waals surface area contributed by atoms with Gasteiger partial charge in [-0.1, -0.05) is 23.8 Å². The summed E-state index contributed by atoms with van der Waals surface area (Å²) in [6.45, 7) is 5.79. The first-order valence-electron chi connectivity index (χ1n) is 10.3. The number of aromatic nitrogens is 2. The molecule has 1 aliphatic rings. The van der Waals surface area contributed by atoms with Gasteiger partial charge in [-0.15, -0.1) is 0 Å². The molecule has 158 valence electrons. The summed E-state index contributed by atoms with van der Waals surface area (Å²) in [4.78, 5) is 4.16. The van der Waals surface area contributed by atoms with E-state index in [4.69, 9.17) is 19.9 Å². The minimum atomic E-state index is -0.701. The van der Waals surface area contributed by atoms with E-state index < -0.39 is 5.79 Å². The summed E-state index contributed by atoms with van der Waals surface area (Å²) in [5.41, 5.74) is 10.3. The van der Waals surface area contributed by atoms with E-state index in [1.165, 1.54) is 16.7 Å². The van der Waals surface area contributed by atoms with Gasteiger partial charge in [-0.2, -0.15) is 0 Å². The number of hydrogen-bond acceptors (Lipinski definition) is 5. The van der Waals surface area contributed by atoms with E-state index >= 15 is 0 Å². The average molecular weight is 408 g/mol. The van der Waals surface area contributed by atoms with Crippen molar-refractivity contribution in [2.75, 3.05) is 18.9 Å². The zero-order valence-corrected chi connectivity index (χ0v) is 17.6. The van der Waals surface area contributed by atoms with Crippen molar-refractivity contribution < 1.29 is 14.2 Å². The number of ether oxygens (including phenoxy) is 3. The quantitative estimate of drug-likeness (QED) is 0.573. The molecule has 2 aromatic carbocycles. The molecule has 1 saturated heterocycles. The van der Waals surface area contributed by atoms with Crippen LogP contribution in [0, 0.1) is 13.8 Å². The Morgan fingerprint density at radius 2 is 2.03 bits per heavy atom. The molecule has 2 atom stereocenters. The van der Waals surface area contributed by atoms with Crippen molar-refractivity contribution in [3.63, 3.8) is 0 Å². The van der Waals surface area contributed by atoms with E-state index in [-0.39, 0.29) is 6.10 Å². The van der Waals surface area contributed by atoms with Crippen molar-refractivity contribution in [2.45, 2.75) is 45.1 Å². The lowest BCUT2D eigenvalue weighted by Crippen LogP contribution is -2.37. The number of rotatable bonds is 8. The third kappa shape index (κ3) is 5.01. The topological polar surface area (TPSA) is 71.5 Å². The molecular weight excluding hydrogens is 378 g/mol. The molecule has 0 unspecified atom stereocenters. The highest BCUT2D eigenvalue weighted by Crippen LogP contribution is 2.32. The van der Waals surface area contributed by atoms with Gasteiger partial charge in [0.15, 0.2) is 5.79 Å². The Morgan fingerprint density at radius 3 is 2.77 bits per heavy atom. The van der Waals surface area contributed by atoms with Crippen molar-refractivity contribution >= 4 is 5.69 Å². The highest BCUT2D eigenvalue weighted by Gasteiger charge is 2.42. The third-order valence-corrected chi connectivity index (χ3v) is 5.49. The van der Waals surface area contributed by atoms with Gasteiger partial charge in [0.25, 0.3) is 0 Å². The molecule has 0 amide bonds. The van der Waals surface area contributed by atoms with E-state index in [0.29, 0.717) is 25.4 Å². The smallest absolute Gasteiger partial charge is 0.187 e. The summed E-state index contributed by atoms with van der Waals surface area (Å²) in [5.74, 6) is 0.0721. The molecule has 6 heteroatoms. The number of benzene rings is 2. The minimum absolute atomic E-state index is 0.134. The Labute approximate surface area is 177 Å². The van der Waals surface area contributed by atoms with Gasteiger partial charge in [-0.05, 0) is 55.7 Å². The SMILES string of the molecule is Cc1ccc(CC[C@@]2(Cn3ccnc3)OC[C@H](COc3ccc(N)cc3)O2)c(C)c1. The highest BCUT2D eigenvalue weighted by molar-refractivity contribution is 5.41. The van der Waals surface area contributed by atoms with Crippen molar-refractivity contribution in [3.8, 4) is 5.75 Å². The number of hydrogen-bond donors (Lipinski definition) is 1. The summed E-state index contributed by atoms with van der Waals surface area (Å²) >= 11 is 0. The van der Waals surface area contributed by atoms with Gasteiger partial charge in [0.1, 0.15) is 18.5 Å². The van der Waals surface area contributed by atoms with Crippen molar-refractivity contribution in [3.05, 3.63) is 77.9 Å². The van der Waals surface area contributed by atoms with Crippen LogP contribution in [0.1, 0.15) is 23.1 Å². The summed E-state index contributed by atoms with van der Waals surface area (Å²) in [6, 6.07) is 14.0. The van der Waals surface area contributed by atoms with E-state index in [2.05, 4.69) is 37.0 Å². The maximum atomic E-state index is 6.43. The van der Waals surface area contributed by atoms with Crippen LogP contribution in [-0.4, -0.2) is 34.7 Å². The van der Waals surface area contributed by atoms with Crippen molar-refractivity contribution in [1.29, 1.82) is 0 Å². The van der Waals surface area contributed by atoms with Crippen LogP contribution in [0.15, 0.2) is 61.2 Å². The molecule has 6 nitrogen and oxygen atoms in total. The maximum absolute atomic E-state index is 6.43. The van der Waals surface area contributed by atoms with Crippen LogP contribution < -0.4 is 10.5 Å². The van der Waals surface area contributed by atoms with Gasteiger partial charge < -0.3 is 24.5 Å². The number of anilines is 1. The van der Waals surface area contributed by atoms with Gasteiger partial charge in [0.05, 0.1) is 19.5 Å². The number of aryl methyl sites for hydroxylation is 3. The summed E-state index contributed by atoms with van der Waals surface area (Å²) in [7, 11) is 0. The predicted octanol–water partition coefficient (Wildman–Crippen LogP) is 3.91. The number of nitrogens with zero attached hydrogens (tertiary/aromatic N) is 2. The molecule has 1 aliphatic heterocycles. The van der Waals surface area contributed by atoms with Crippen LogP contribution in [0.3, 0.4) is 0 Å². The third-order valence-electron chi connectivity index (χ3n) is 5.49. The molecular formula is C24H29N3O3. The molecule has 2 N–H and O–H groups in total. The lowest BCUT2D eigenvalue weighted by atomic mass is 9.98. The molecule has 0 radical (unpaired) electrons. The Hall–Kier alpha value is -2.83. The van der Waals surface area contributed by atoms with Gasteiger partial charge in [0, 0.05) is 24.5 Å². The molecule has 0 saturated carbocycles. The fraction of sp³-hybridized carbons (Fsp3) is 0.375. The van der Waals surface area contributed by atoms with Gasteiger partial charge >= 0.3 is 0 Å². The number of nitrogens with two attached hydrogens (primary N) is 1. The van der Waals surface area contributed by atoms with Crippen LogP contribution in [-0.2, 0) is 22.4 Å². The molecule has 0 aliphatic carbocycles. The lowest BCUT2D eigenvalue weighted by Gasteiger charge is -2.29. The van der Waals surface area contributed by atoms with E-state index in [0.717, 1.165) is 18.6 Å². The van der Waals surface area contributed by atoms with Crippen LogP contribution in [0.4, 0.5) is 5.69 Å². The summed E-state index contributed by atoms with van der Waals surface area (Å²) in [6.07, 6.45) is 7.01. The second-order valence-electron chi connectivity index (χ2n) is 8.01. The van der Waals surface area contributed by atoms with Crippen LogP contribution >= 0.6 is 0 Å². The van der Waals surface area contributed by atoms with Gasteiger partial charge in [-0.25, -0.2) is 4.98 Å². The molecule has 1 aromatic heterocycles. The standard InChI is InChI=1S/C24H29N3O3/c1-18-3-4-20(19(2)13-18)9-10-24(16-27-12-11-26-17-27)29-15-23(30-24)14-28-22-7-5-21(25)6-8-22/h3-8,11-13,17,23H,9-10,14-16,25H2,1-2H3/t23-,24+/m0/s1. The number of nitrogen functional groups attached to an aromatic ring is 1. The zero-order chi connectivity index (χ0) is 21.0. The Balaban J connectivity index is 1.42. The Bertz CT molecular complexity index is 956. The molecule has 3 aromatic rings. The first-order valence-corrected chi connectivity index (χ1v) is 10.3. The fourth-order valence-electron chi connectivity index (χ4n) is 3.85. The molecule has 2 heterocycles. The fourth-order valence-corrected chi connectivity index (χ4v) is 3.85. The molecule has 30 heavy (non-hydrogen) atoms. The number of imidazole rings is 1. The first-order chi connectivity index (χ1) is 14.5. The van der Waals surface area contributed by atoms with E-state index in [1.807, 2.05) is 35.0 Å². The van der Waals surface area contributed by atoms with Crippen LogP contribution in [0.2, 0.25) is 0 Å². The second-order valence-corrected chi connectivity index (χ2v) is 8.01. The first kappa shape index (κ1) is 20.4. The monoisotopic (exact) mass is 407 g/mol. The molecule has 1 fully saturated rings. The maximum Gasteiger partial charge on any atom is 0.187 e. The zero-order valence-electron chi connectivity index (χ0n) is 17.6. The predicted molar refractivity (Wildman–Crippen MR) is 116 cm³/mol. The molecule has 0 spiro atoms.